The van der Waals surface area contributed by atoms with E-state index in [-0.39, 0.29) is 35.3 Å². The second-order valence-electron chi connectivity index (χ2n) is 7.65. The average molecular weight is 400 g/mol. The number of ether oxygens (including phenoxy) is 1. The van der Waals surface area contributed by atoms with Crippen molar-refractivity contribution in [2.45, 2.75) is 38.8 Å². The van der Waals surface area contributed by atoms with Crippen molar-refractivity contribution in [3.05, 3.63) is 44.2 Å². The molecule has 1 aliphatic heterocycles. The number of benzene rings is 1. The third-order valence-electron chi connectivity index (χ3n) is 5.47. The summed E-state index contributed by atoms with van der Waals surface area (Å²) in [6.45, 7) is 5.87. The topological polar surface area (TPSA) is 107 Å². The van der Waals surface area contributed by atoms with E-state index in [0.29, 0.717) is 24.3 Å². The first-order valence-electron chi connectivity index (χ1n) is 9.93. The second kappa shape index (κ2) is 7.47. The summed E-state index contributed by atoms with van der Waals surface area (Å²) in [5, 5.41) is 15.3. The molecule has 2 heterocycles. The normalized spacial score (nSPS) is 19.4. The van der Waals surface area contributed by atoms with Gasteiger partial charge in [0.2, 0.25) is 5.43 Å². The molecule has 154 valence electrons. The quantitative estimate of drug-likeness (QED) is 0.466. The lowest BCUT2D eigenvalue weighted by atomic mass is 10.1. The molecule has 1 saturated heterocycles. The van der Waals surface area contributed by atoms with Crippen LogP contribution >= 0.6 is 0 Å². The van der Waals surface area contributed by atoms with E-state index in [4.69, 9.17) is 4.74 Å². The van der Waals surface area contributed by atoms with E-state index in [9.17, 15) is 19.7 Å². The van der Waals surface area contributed by atoms with Crippen LogP contribution in [0, 0.1) is 10.1 Å². The molecule has 1 saturated carbocycles. The van der Waals surface area contributed by atoms with E-state index in [0.717, 1.165) is 19.4 Å². The summed E-state index contributed by atoms with van der Waals surface area (Å²) in [4.78, 5) is 38.6. The third kappa shape index (κ3) is 3.57. The summed E-state index contributed by atoms with van der Waals surface area (Å²) >= 11 is 0. The molecule has 2 aromatic rings. The van der Waals surface area contributed by atoms with Crippen molar-refractivity contribution in [2.24, 2.45) is 0 Å². The highest BCUT2D eigenvalue weighted by molar-refractivity contribution is 5.96. The molecular formula is C20H24N4O5. The number of anilines is 1. The number of carbonyl (C=O) groups is 1. The number of fused-ring (bicyclic) bond motifs is 1. The van der Waals surface area contributed by atoms with Crippen molar-refractivity contribution in [1.29, 1.82) is 0 Å². The zero-order valence-corrected chi connectivity index (χ0v) is 16.5. The smallest absolute Gasteiger partial charge is 0.343 e. The minimum Gasteiger partial charge on any atom is -0.462 e. The Morgan fingerprint density at radius 2 is 2.14 bits per heavy atom. The fraction of sp³-hybridized carbons (Fsp3) is 0.500. The number of nitro groups is 1. The van der Waals surface area contributed by atoms with Crippen LogP contribution in [0.1, 0.15) is 43.1 Å². The molecule has 1 aromatic heterocycles. The Labute approximate surface area is 167 Å². The Bertz CT molecular complexity index is 1040. The van der Waals surface area contributed by atoms with Gasteiger partial charge in [0.25, 0.3) is 5.69 Å². The summed E-state index contributed by atoms with van der Waals surface area (Å²) < 4.78 is 6.92. The van der Waals surface area contributed by atoms with Crippen LogP contribution in [0.5, 0.6) is 0 Å². The number of hydrogen-bond acceptors (Lipinski definition) is 7. The number of rotatable bonds is 5. The minimum atomic E-state index is -0.698. The van der Waals surface area contributed by atoms with Crippen molar-refractivity contribution in [3.63, 3.8) is 0 Å². The zero-order valence-electron chi connectivity index (χ0n) is 16.5. The van der Waals surface area contributed by atoms with Crippen molar-refractivity contribution < 1.29 is 14.5 Å². The lowest BCUT2D eigenvalue weighted by molar-refractivity contribution is -0.384. The standard InChI is InChI=1S/C20H24N4O5/c1-3-29-20(26)15-11-23(13-4-5-13)16-9-17(22-7-6-21-12(2)10-22)18(24(27)28)8-14(16)19(15)25/h8-9,11-13,21H,3-7,10H2,1-2H3/t12-/m0/s1. The minimum absolute atomic E-state index is 0.0795. The van der Waals surface area contributed by atoms with Gasteiger partial charge in [-0.25, -0.2) is 4.79 Å². The number of piperazine rings is 1. The van der Waals surface area contributed by atoms with Crippen LogP contribution < -0.4 is 15.6 Å². The van der Waals surface area contributed by atoms with Crippen LogP contribution in [0.4, 0.5) is 11.4 Å². The van der Waals surface area contributed by atoms with Gasteiger partial charge in [-0.1, -0.05) is 0 Å². The molecule has 0 radical (unpaired) electrons. The maximum absolute atomic E-state index is 13.0. The molecule has 1 aliphatic carbocycles. The molecule has 2 fully saturated rings. The van der Waals surface area contributed by atoms with Crippen molar-refractivity contribution in [2.75, 3.05) is 31.1 Å². The summed E-state index contributed by atoms with van der Waals surface area (Å²) in [5.41, 5.74) is 0.403. The van der Waals surface area contributed by atoms with Crippen LogP contribution in [0.2, 0.25) is 0 Å². The predicted octanol–water partition coefficient (Wildman–Crippen LogP) is 2.22. The molecule has 2 aliphatic rings. The van der Waals surface area contributed by atoms with E-state index in [1.165, 1.54) is 6.07 Å². The fourth-order valence-corrected chi connectivity index (χ4v) is 3.93. The molecule has 29 heavy (non-hydrogen) atoms. The molecule has 0 unspecified atom stereocenters. The van der Waals surface area contributed by atoms with Gasteiger partial charge in [0.1, 0.15) is 11.3 Å². The van der Waals surface area contributed by atoms with E-state index >= 15 is 0 Å². The Hall–Kier alpha value is -2.94. The van der Waals surface area contributed by atoms with Gasteiger partial charge in [0.05, 0.1) is 22.4 Å². The van der Waals surface area contributed by atoms with E-state index in [1.54, 1.807) is 19.2 Å². The van der Waals surface area contributed by atoms with E-state index < -0.39 is 16.3 Å². The number of nitrogens with zero attached hydrogens (tertiary/aromatic N) is 3. The van der Waals surface area contributed by atoms with Crippen LogP contribution in [-0.2, 0) is 4.74 Å². The molecule has 9 heteroatoms. The van der Waals surface area contributed by atoms with E-state index in [2.05, 4.69) is 5.32 Å². The Morgan fingerprint density at radius 3 is 2.76 bits per heavy atom. The molecule has 1 aromatic carbocycles. The summed E-state index contributed by atoms with van der Waals surface area (Å²) in [6.07, 6.45) is 3.44. The third-order valence-corrected chi connectivity index (χ3v) is 5.47. The SMILES string of the molecule is CCOC(=O)c1cn(C2CC2)c2cc(N3CCN[C@@H](C)C3)c([N+](=O)[O-])cc2c1=O. The van der Waals surface area contributed by atoms with Gasteiger partial charge in [-0.05, 0) is 32.8 Å². The highest BCUT2D eigenvalue weighted by atomic mass is 16.6. The van der Waals surface area contributed by atoms with Gasteiger partial charge in [-0.3, -0.25) is 14.9 Å². The van der Waals surface area contributed by atoms with Gasteiger partial charge in [0.15, 0.2) is 0 Å². The summed E-state index contributed by atoms with van der Waals surface area (Å²) in [5.74, 6) is -0.698. The van der Waals surface area contributed by atoms with Gasteiger partial charge in [0, 0.05) is 44.0 Å². The predicted molar refractivity (Wildman–Crippen MR) is 109 cm³/mol. The van der Waals surface area contributed by atoms with Crippen LogP contribution in [0.3, 0.4) is 0 Å². The molecule has 1 N–H and O–H groups in total. The fourth-order valence-electron chi connectivity index (χ4n) is 3.93. The molecule has 9 nitrogen and oxygen atoms in total. The first kappa shape index (κ1) is 19.4. The maximum Gasteiger partial charge on any atom is 0.343 e. The second-order valence-corrected chi connectivity index (χ2v) is 7.65. The molecular weight excluding hydrogens is 376 g/mol. The Balaban J connectivity index is 1.95. The van der Waals surface area contributed by atoms with Gasteiger partial charge < -0.3 is 19.5 Å². The molecule has 4 rings (SSSR count). The first-order valence-corrected chi connectivity index (χ1v) is 9.93. The largest absolute Gasteiger partial charge is 0.462 e. The van der Waals surface area contributed by atoms with Crippen LogP contribution in [0.15, 0.2) is 23.1 Å². The van der Waals surface area contributed by atoms with Gasteiger partial charge >= 0.3 is 5.97 Å². The number of pyridine rings is 1. The van der Waals surface area contributed by atoms with Crippen LogP contribution in [-0.4, -0.2) is 47.7 Å². The number of nitrogens with one attached hydrogen (secondary N) is 1. The van der Waals surface area contributed by atoms with Crippen molar-refractivity contribution in [1.82, 2.24) is 9.88 Å². The Kier molecular flexibility index (Phi) is 4.99. The highest BCUT2D eigenvalue weighted by Crippen LogP contribution is 2.39. The Morgan fingerprint density at radius 1 is 1.38 bits per heavy atom. The zero-order chi connectivity index (χ0) is 20.7. The lowest BCUT2D eigenvalue weighted by Gasteiger charge is -2.33. The summed E-state index contributed by atoms with van der Waals surface area (Å²) in [7, 11) is 0. The van der Waals surface area contributed by atoms with Gasteiger partial charge in [-0.15, -0.1) is 0 Å². The number of esters is 1. The van der Waals surface area contributed by atoms with Gasteiger partial charge in [-0.2, -0.15) is 0 Å². The monoisotopic (exact) mass is 400 g/mol. The number of carbonyl (C=O) groups excluding carboxylic acids is 1. The molecule has 1 atom stereocenters. The molecule has 0 amide bonds. The number of nitro benzene ring substituents is 1. The first-order chi connectivity index (χ1) is 13.9. The van der Waals surface area contributed by atoms with Crippen LogP contribution in [0.25, 0.3) is 10.9 Å². The highest BCUT2D eigenvalue weighted by Gasteiger charge is 2.30. The molecule has 0 bridgehead atoms. The van der Waals surface area contributed by atoms with E-state index in [1.807, 2.05) is 16.4 Å². The van der Waals surface area contributed by atoms with Crippen molar-refractivity contribution >= 4 is 28.2 Å². The molecule has 0 spiro atoms. The van der Waals surface area contributed by atoms with Crippen molar-refractivity contribution in [3.8, 4) is 0 Å². The summed E-state index contributed by atoms with van der Waals surface area (Å²) in [6, 6.07) is 3.44. The number of hydrogen-bond donors (Lipinski definition) is 1. The average Bonchev–Trinajstić information content (AvgIpc) is 3.52. The number of aromatic nitrogens is 1. The maximum atomic E-state index is 13.0. The lowest BCUT2D eigenvalue weighted by Crippen LogP contribution is -2.49.